The number of nitrogens with one attached hydrogen (secondary N) is 1. The second-order valence-corrected chi connectivity index (χ2v) is 10.5. The third-order valence-electron chi connectivity index (χ3n) is 8.54. The molecule has 3 aliphatic heterocycles. The number of aromatic hydroxyl groups is 1. The van der Waals surface area contributed by atoms with Crippen molar-refractivity contribution in [3.8, 4) is 23.0 Å². The van der Waals surface area contributed by atoms with Crippen molar-refractivity contribution in [3.05, 3.63) is 45.5 Å². The first-order valence-corrected chi connectivity index (χ1v) is 13.2. The van der Waals surface area contributed by atoms with Gasteiger partial charge >= 0.3 is 0 Å². The molecule has 0 aromatic heterocycles. The van der Waals surface area contributed by atoms with Crippen molar-refractivity contribution in [2.24, 2.45) is 11.8 Å². The molecule has 2 N–H and O–H groups in total. The highest BCUT2D eigenvalue weighted by molar-refractivity contribution is 6.33. The number of piperidine rings is 1. The molecule has 0 radical (unpaired) electrons. The quantitative estimate of drug-likeness (QED) is 0.561. The number of hydrogen-bond acceptors (Lipinski definition) is 6. The monoisotopic (exact) mass is 500 g/mol. The molecule has 2 aromatic carbocycles. The molecule has 3 aliphatic rings. The molecule has 35 heavy (non-hydrogen) atoms. The fourth-order valence-electron chi connectivity index (χ4n) is 6.64. The van der Waals surface area contributed by atoms with E-state index >= 15 is 0 Å². The van der Waals surface area contributed by atoms with Crippen LogP contribution in [0.3, 0.4) is 0 Å². The van der Waals surface area contributed by atoms with E-state index < -0.39 is 0 Å². The van der Waals surface area contributed by atoms with Gasteiger partial charge in [0.05, 0.1) is 26.4 Å². The molecule has 6 nitrogen and oxygen atoms in total. The van der Waals surface area contributed by atoms with Gasteiger partial charge in [-0.1, -0.05) is 24.9 Å². The number of halogens is 1. The van der Waals surface area contributed by atoms with Gasteiger partial charge in [0.2, 0.25) is 0 Å². The van der Waals surface area contributed by atoms with Gasteiger partial charge in [0.25, 0.3) is 0 Å². The Labute approximate surface area is 213 Å². The zero-order valence-corrected chi connectivity index (χ0v) is 22.0. The minimum absolute atomic E-state index is 0.0523. The predicted molar refractivity (Wildman–Crippen MR) is 138 cm³/mol. The Morgan fingerprint density at radius 1 is 1.00 bits per heavy atom. The standard InChI is InChI=1S/C28H37ClN2O4/c1-5-16-15-31-9-7-17-12-24(33-2)25(34-3)13-20(17)23(31)11-18(16)10-22-21-14-26(35-4)28(32)27(29)19(21)6-8-30-22/h12-14,16,18,22-23,30,32H,5-11,15H2,1-4H3/t16-,18-,22+,23-/m0/s1. The first-order valence-electron chi connectivity index (χ1n) is 12.8. The van der Waals surface area contributed by atoms with Crippen LogP contribution in [0, 0.1) is 11.8 Å². The molecule has 3 heterocycles. The van der Waals surface area contributed by atoms with Gasteiger partial charge in [-0.25, -0.2) is 0 Å². The first-order chi connectivity index (χ1) is 17.0. The summed E-state index contributed by atoms with van der Waals surface area (Å²) in [7, 11) is 5.00. The molecular weight excluding hydrogens is 464 g/mol. The summed E-state index contributed by atoms with van der Waals surface area (Å²) in [5.41, 5.74) is 4.99. The van der Waals surface area contributed by atoms with Crippen LogP contribution in [0.15, 0.2) is 18.2 Å². The largest absolute Gasteiger partial charge is 0.503 e. The Balaban J connectivity index is 1.45. The van der Waals surface area contributed by atoms with Gasteiger partial charge in [0, 0.05) is 25.2 Å². The SMILES string of the molecule is CC[C@H]1CN2CCc3cc(OC)c(OC)cc3[C@@H]2C[C@@H]1C[C@H]1NCCc2c1cc(OC)c(O)c2Cl. The maximum Gasteiger partial charge on any atom is 0.177 e. The lowest BCUT2D eigenvalue weighted by atomic mass is 9.72. The van der Waals surface area contributed by atoms with E-state index in [4.69, 9.17) is 25.8 Å². The van der Waals surface area contributed by atoms with Crippen molar-refractivity contribution >= 4 is 11.6 Å². The molecular formula is C28H37ClN2O4. The third-order valence-corrected chi connectivity index (χ3v) is 8.95. The highest BCUT2D eigenvalue weighted by Gasteiger charge is 2.40. The summed E-state index contributed by atoms with van der Waals surface area (Å²) in [6.07, 6.45) is 5.20. The molecule has 7 heteroatoms. The minimum Gasteiger partial charge on any atom is -0.503 e. The van der Waals surface area contributed by atoms with Gasteiger partial charge in [-0.05, 0) is 84.5 Å². The fourth-order valence-corrected chi connectivity index (χ4v) is 6.94. The van der Waals surface area contributed by atoms with Crippen LogP contribution in [0.2, 0.25) is 5.02 Å². The third kappa shape index (κ3) is 4.34. The molecule has 0 saturated carbocycles. The smallest absolute Gasteiger partial charge is 0.177 e. The van der Waals surface area contributed by atoms with Gasteiger partial charge in [0.1, 0.15) is 0 Å². The molecule has 5 rings (SSSR count). The topological polar surface area (TPSA) is 63.2 Å². The molecule has 190 valence electrons. The number of nitrogens with zero attached hydrogens (tertiary/aromatic N) is 1. The number of phenolic OH excluding ortho intramolecular Hbond substituents is 1. The van der Waals surface area contributed by atoms with E-state index in [0.29, 0.717) is 28.6 Å². The Bertz CT molecular complexity index is 1090. The first kappa shape index (κ1) is 24.5. The van der Waals surface area contributed by atoms with Crippen LogP contribution in [-0.2, 0) is 12.8 Å². The normalized spacial score (nSPS) is 25.9. The molecule has 4 atom stereocenters. The van der Waals surface area contributed by atoms with Crippen molar-refractivity contribution in [2.75, 3.05) is 41.0 Å². The summed E-state index contributed by atoms with van der Waals surface area (Å²) in [6.45, 7) is 5.40. The Morgan fingerprint density at radius 3 is 2.43 bits per heavy atom. The molecule has 2 aromatic rings. The summed E-state index contributed by atoms with van der Waals surface area (Å²) < 4.78 is 16.7. The van der Waals surface area contributed by atoms with Crippen molar-refractivity contribution in [3.63, 3.8) is 0 Å². The highest BCUT2D eigenvalue weighted by Crippen LogP contribution is 2.49. The lowest BCUT2D eigenvalue weighted by Gasteiger charge is -2.48. The minimum atomic E-state index is 0.0523. The van der Waals surface area contributed by atoms with Gasteiger partial charge in [-0.15, -0.1) is 0 Å². The zero-order chi connectivity index (χ0) is 24.7. The van der Waals surface area contributed by atoms with Crippen LogP contribution in [0.1, 0.15) is 60.5 Å². The van der Waals surface area contributed by atoms with E-state index in [0.717, 1.165) is 62.4 Å². The number of methoxy groups -OCH3 is 3. The molecule has 1 fully saturated rings. The highest BCUT2D eigenvalue weighted by atomic mass is 35.5. The zero-order valence-electron chi connectivity index (χ0n) is 21.2. The average molecular weight is 501 g/mol. The fraction of sp³-hybridized carbons (Fsp3) is 0.571. The van der Waals surface area contributed by atoms with E-state index in [9.17, 15) is 5.11 Å². The molecule has 0 amide bonds. The van der Waals surface area contributed by atoms with E-state index in [-0.39, 0.29) is 11.8 Å². The van der Waals surface area contributed by atoms with Crippen LogP contribution >= 0.6 is 11.6 Å². The van der Waals surface area contributed by atoms with Crippen molar-refractivity contribution in [1.82, 2.24) is 10.2 Å². The molecule has 0 unspecified atom stereocenters. The van der Waals surface area contributed by atoms with Crippen molar-refractivity contribution < 1.29 is 19.3 Å². The van der Waals surface area contributed by atoms with Crippen molar-refractivity contribution in [2.45, 2.75) is 51.1 Å². The average Bonchev–Trinajstić information content (AvgIpc) is 2.89. The molecule has 1 saturated heterocycles. The van der Waals surface area contributed by atoms with Crippen LogP contribution in [-0.4, -0.2) is 51.0 Å². The van der Waals surface area contributed by atoms with Crippen LogP contribution < -0.4 is 19.5 Å². The van der Waals surface area contributed by atoms with Gasteiger partial charge in [0.15, 0.2) is 23.0 Å². The van der Waals surface area contributed by atoms with E-state index in [1.165, 1.54) is 23.1 Å². The maximum atomic E-state index is 10.4. The number of hydrogen-bond donors (Lipinski definition) is 2. The summed E-state index contributed by atoms with van der Waals surface area (Å²) in [4.78, 5) is 2.68. The number of ether oxygens (including phenoxy) is 3. The summed E-state index contributed by atoms with van der Waals surface area (Å²) in [6, 6.07) is 6.95. The summed E-state index contributed by atoms with van der Waals surface area (Å²) in [5, 5.41) is 14.6. The number of rotatable bonds is 6. The second kappa shape index (κ2) is 10.1. The lowest BCUT2D eigenvalue weighted by molar-refractivity contribution is 0.0434. The van der Waals surface area contributed by atoms with E-state index in [2.05, 4.69) is 29.3 Å². The van der Waals surface area contributed by atoms with E-state index in [1.54, 1.807) is 21.3 Å². The second-order valence-electron chi connectivity index (χ2n) is 10.1. The molecule has 0 spiro atoms. The lowest BCUT2D eigenvalue weighted by Crippen LogP contribution is -2.46. The number of phenols is 1. The summed E-state index contributed by atoms with van der Waals surface area (Å²) in [5.74, 6) is 3.35. The van der Waals surface area contributed by atoms with Crippen LogP contribution in [0.4, 0.5) is 0 Å². The Morgan fingerprint density at radius 2 is 1.71 bits per heavy atom. The van der Waals surface area contributed by atoms with Gasteiger partial charge < -0.3 is 24.6 Å². The maximum absolute atomic E-state index is 10.4. The molecule has 0 bridgehead atoms. The van der Waals surface area contributed by atoms with Crippen LogP contribution in [0.25, 0.3) is 0 Å². The van der Waals surface area contributed by atoms with E-state index in [1.807, 2.05) is 6.07 Å². The molecule has 0 aliphatic carbocycles. The van der Waals surface area contributed by atoms with Gasteiger partial charge in [-0.3, -0.25) is 4.90 Å². The van der Waals surface area contributed by atoms with Gasteiger partial charge in [-0.2, -0.15) is 0 Å². The van der Waals surface area contributed by atoms with Crippen LogP contribution in [0.5, 0.6) is 23.0 Å². The predicted octanol–water partition coefficient (Wildman–Crippen LogP) is 5.29. The van der Waals surface area contributed by atoms with Crippen molar-refractivity contribution in [1.29, 1.82) is 0 Å². The Hall–Kier alpha value is -2.15. The summed E-state index contributed by atoms with van der Waals surface area (Å²) >= 11 is 6.57. The number of fused-ring (bicyclic) bond motifs is 4. The number of benzene rings is 2. The Kier molecular flexibility index (Phi) is 7.06.